The van der Waals surface area contributed by atoms with Gasteiger partial charge in [-0.15, -0.1) is 0 Å². The molecule has 0 aromatic carbocycles. The number of amides is 1. The van der Waals surface area contributed by atoms with Gasteiger partial charge in [-0.05, 0) is 42.0 Å². The Morgan fingerprint density at radius 3 is 2.43 bits per heavy atom. The number of hydrogen-bond acceptors (Lipinski definition) is 3. The molecule has 0 aliphatic rings. The number of thiophene rings is 1. The van der Waals surface area contributed by atoms with Crippen LogP contribution in [0.4, 0.5) is 0 Å². The van der Waals surface area contributed by atoms with E-state index < -0.39 is 5.97 Å². The van der Waals surface area contributed by atoms with Gasteiger partial charge < -0.3 is 10.4 Å². The minimum absolute atomic E-state index is 0.0402. The van der Waals surface area contributed by atoms with Crippen LogP contribution in [0.15, 0.2) is 10.8 Å². The van der Waals surface area contributed by atoms with Crippen LogP contribution >= 0.6 is 11.3 Å². The van der Waals surface area contributed by atoms with Crippen molar-refractivity contribution in [1.82, 2.24) is 5.32 Å². The standard InChI is InChI=1S/C16H25NO3S/c1-11-9-21-10-13(11)15(20)17-8-7-12(16(2,3)4)5-6-14(18)19/h9-10,12H,5-8H2,1-4H3,(H,17,20)(H,18,19). The molecule has 1 aromatic heterocycles. The maximum absolute atomic E-state index is 12.0. The molecule has 0 bridgehead atoms. The molecule has 1 rings (SSSR count). The highest BCUT2D eigenvalue weighted by Gasteiger charge is 2.25. The zero-order valence-corrected chi connectivity index (χ0v) is 14.0. The SMILES string of the molecule is Cc1cscc1C(=O)NCCC(CCC(=O)O)C(C)(C)C. The van der Waals surface area contributed by atoms with Crippen LogP contribution in [0.5, 0.6) is 0 Å². The van der Waals surface area contributed by atoms with E-state index in [0.717, 1.165) is 17.5 Å². The van der Waals surface area contributed by atoms with Gasteiger partial charge in [0.2, 0.25) is 0 Å². The molecule has 0 spiro atoms. The van der Waals surface area contributed by atoms with Gasteiger partial charge in [-0.25, -0.2) is 0 Å². The lowest BCUT2D eigenvalue weighted by molar-refractivity contribution is -0.137. The van der Waals surface area contributed by atoms with Crippen LogP contribution in [0.2, 0.25) is 0 Å². The van der Waals surface area contributed by atoms with Gasteiger partial charge in [-0.3, -0.25) is 9.59 Å². The number of carboxylic acids is 1. The first-order valence-electron chi connectivity index (χ1n) is 7.24. The molecule has 1 atom stereocenters. The number of carbonyl (C=O) groups is 2. The zero-order valence-electron chi connectivity index (χ0n) is 13.2. The van der Waals surface area contributed by atoms with E-state index >= 15 is 0 Å². The molecule has 0 radical (unpaired) electrons. The van der Waals surface area contributed by atoms with E-state index in [1.807, 2.05) is 17.7 Å². The van der Waals surface area contributed by atoms with E-state index in [2.05, 4.69) is 26.1 Å². The molecule has 0 aliphatic carbocycles. The van der Waals surface area contributed by atoms with Crippen molar-refractivity contribution in [2.24, 2.45) is 11.3 Å². The van der Waals surface area contributed by atoms with Gasteiger partial charge in [0.15, 0.2) is 0 Å². The molecule has 0 saturated carbocycles. The van der Waals surface area contributed by atoms with Gasteiger partial charge in [0.1, 0.15) is 0 Å². The minimum atomic E-state index is -0.762. The quantitative estimate of drug-likeness (QED) is 0.807. The summed E-state index contributed by atoms with van der Waals surface area (Å²) in [5.74, 6) is -0.528. The molecule has 2 N–H and O–H groups in total. The van der Waals surface area contributed by atoms with Crippen LogP contribution in [0.25, 0.3) is 0 Å². The van der Waals surface area contributed by atoms with Crippen LogP contribution < -0.4 is 5.32 Å². The van der Waals surface area contributed by atoms with E-state index in [-0.39, 0.29) is 23.7 Å². The summed E-state index contributed by atoms with van der Waals surface area (Å²) in [6.07, 6.45) is 1.62. The molecular formula is C16H25NO3S. The van der Waals surface area contributed by atoms with Crippen molar-refractivity contribution in [2.45, 2.75) is 47.0 Å². The molecule has 0 saturated heterocycles. The molecular weight excluding hydrogens is 286 g/mol. The zero-order chi connectivity index (χ0) is 16.0. The summed E-state index contributed by atoms with van der Waals surface area (Å²) in [5, 5.41) is 15.6. The van der Waals surface area contributed by atoms with Crippen molar-refractivity contribution in [2.75, 3.05) is 6.54 Å². The molecule has 1 amide bonds. The number of aliphatic carboxylic acids is 1. The van der Waals surface area contributed by atoms with Crippen molar-refractivity contribution in [1.29, 1.82) is 0 Å². The van der Waals surface area contributed by atoms with Crippen LogP contribution in [-0.2, 0) is 4.79 Å². The van der Waals surface area contributed by atoms with Crippen LogP contribution in [-0.4, -0.2) is 23.5 Å². The summed E-state index contributed by atoms with van der Waals surface area (Å²) < 4.78 is 0. The molecule has 118 valence electrons. The number of hydrogen-bond donors (Lipinski definition) is 2. The Hall–Kier alpha value is -1.36. The van der Waals surface area contributed by atoms with Crippen LogP contribution in [0.1, 0.15) is 56.0 Å². The summed E-state index contributed by atoms with van der Waals surface area (Å²) in [7, 11) is 0. The Kier molecular flexibility index (Phi) is 6.40. The van der Waals surface area contributed by atoms with E-state index in [1.165, 1.54) is 11.3 Å². The lowest BCUT2D eigenvalue weighted by atomic mass is 9.76. The molecule has 4 nitrogen and oxygen atoms in total. The van der Waals surface area contributed by atoms with Crippen molar-refractivity contribution in [3.05, 3.63) is 21.9 Å². The van der Waals surface area contributed by atoms with Crippen molar-refractivity contribution in [3.63, 3.8) is 0 Å². The summed E-state index contributed by atoms with van der Waals surface area (Å²) in [6.45, 7) is 8.85. The average molecular weight is 311 g/mol. The predicted octanol–water partition coefficient (Wildman–Crippen LogP) is 3.70. The fourth-order valence-electron chi connectivity index (χ4n) is 2.36. The topological polar surface area (TPSA) is 66.4 Å². The summed E-state index contributed by atoms with van der Waals surface area (Å²) in [6, 6.07) is 0. The lowest BCUT2D eigenvalue weighted by Crippen LogP contribution is -2.30. The van der Waals surface area contributed by atoms with Gasteiger partial charge in [-0.2, -0.15) is 11.3 Å². The smallest absolute Gasteiger partial charge is 0.303 e. The summed E-state index contributed by atoms with van der Waals surface area (Å²) >= 11 is 1.52. The van der Waals surface area contributed by atoms with Crippen LogP contribution in [0, 0.1) is 18.3 Å². The molecule has 1 heterocycles. The normalized spacial score (nSPS) is 13.0. The second-order valence-electron chi connectivity index (χ2n) is 6.51. The molecule has 0 aliphatic heterocycles. The van der Waals surface area contributed by atoms with Crippen molar-refractivity contribution in [3.8, 4) is 0 Å². The Balaban J connectivity index is 2.48. The lowest BCUT2D eigenvalue weighted by Gasteiger charge is -2.30. The maximum atomic E-state index is 12.0. The van der Waals surface area contributed by atoms with Crippen molar-refractivity contribution < 1.29 is 14.7 Å². The van der Waals surface area contributed by atoms with E-state index in [0.29, 0.717) is 13.0 Å². The third-order valence-electron chi connectivity index (χ3n) is 3.81. The Labute approximate surface area is 130 Å². The first-order valence-corrected chi connectivity index (χ1v) is 8.19. The van der Waals surface area contributed by atoms with Gasteiger partial charge in [0.05, 0.1) is 5.56 Å². The monoisotopic (exact) mass is 311 g/mol. The molecule has 21 heavy (non-hydrogen) atoms. The second kappa shape index (κ2) is 7.59. The number of rotatable bonds is 7. The van der Waals surface area contributed by atoms with E-state index in [4.69, 9.17) is 5.11 Å². The van der Waals surface area contributed by atoms with Gasteiger partial charge in [0.25, 0.3) is 5.91 Å². The number of nitrogens with one attached hydrogen (secondary N) is 1. The fraction of sp³-hybridized carbons (Fsp3) is 0.625. The minimum Gasteiger partial charge on any atom is -0.481 e. The molecule has 0 fully saturated rings. The van der Waals surface area contributed by atoms with Gasteiger partial charge >= 0.3 is 5.97 Å². The Morgan fingerprint density at radius 1 is 1.29 bits per heavy atom. The third kappa shape index (κ3) is 5.87. The van der Waals surface area contributed by atoms with Crippen LogP contribution in [0.3, 0.4) is 0 Å². The number of aryl methyl sites for hydroxylation is 1. The fourth-order valence-corrected chi connectivity index (χ4v) is 3.18. The summed E-state index contributed by atoms with van der Waals surface area (Å²) in [4.78, 5) is 22.8. The number of carboxylic acid groups (broad SMARTS) is 1. The first-order chi connectivity index (χ1) is 9.71. The Morgan fingerprint density at radius 2 is 1.95 bits per heavy atom. The van der Waals surface area contributed by atoms with E-state index in [9.17, 15) is 9.59 Å². The predicted molar refractivity (Wildman–Crippen MR) is 85.8 cm³/mol. The molecule has 1 aromatic rings. The molecule has 5 heteroatoms. The highest BCUT2D eigenvalue weighted by Crippen LogP contribution is 2.32. The number of carbonyl (C=O) groups excluding carboxylic acids is 1. The van der Waals surface area contributed by atoms with Gasteiger partial charge in [-0.1, -0.05) is 20.8 Å². The molecule has 1 unspecified atom stereocenters. The Bertz CT molecular complexity index is 488. The van der Waals surface area contributed by atoms with Crippen molar-refractivity contribution >= 4 is 23.2 Å². The largest absolute Gasteiger partial charge is 0.481 e. The third-order valence-corrected chi connectivity index (χ3v) is 4.67. The van der Waals surface area contributed by atoms with Gasteiger partial charge in [0, 0.05) is 18.3 Å². The first kappa shape index (κ1) is 17.7. The van der Waals surface area contributed by atoms with E-state index in [1.54, 1.807) is 0 Å². The second-order valence-corrected chi connectivity index (χ2v) is 7.25. The average Bonchev–Trinajstić information content (AvgIpc) is 2.77. The highest BCUT2D eigenvalue weighted by atomic mass is 32.1. The maximum Gasteiger partial charge on any atom is 0.303 e. The highest BCUT2D eigenvalue weighted by molar-refractivity contribution is 7.08. The summed E-state index contributed by atoms with van der Waals surface area (Å²) in [5.41, 5.74) is 1.77.